The fourth-order valence-corrected chi connectivity index (χ4v) is 3.50. The Balaban J connectivity index is 2.40. The van der Waals surface area contributed by atoms with Crippen LogP contribution in [0.5, 0.6) is 0 Å². The topological polar surface area (TPSA) is 24.9 Å². The highest BCUT2D eigenvalue weighted by atomic mass is 32.1. The number of benzene rings is 1. The lowest BCUT2D eigenvalue weighted by atomic mass is 9.85. The zero-order valence-corrected chi connectivity index (χ0v) is 13.3. The monoisotopic (exact) mass is 292 g/mol. The molecule has 108 valence electrons. The first kappa shape index (κ1) is 15.1. The van der Waals surface area contributed by atoms with E-state index in [1.807, 2.05) is 19.2 Å². The molecule has 1 N–H and O–H groups in total. The Hall–Kier alpha value is -1.26. The maximum Gasteiger partial charge on any atom is 0.123 e. The van der Waals surface area contributed by atoms with Gasteiger partial charge in [0, 0.05) is 16.8 Å². The highest BCUT2D eigenvalue weighted by Gasteiger charge is 2.28. The molecule has 0 unspecified atom stereocenters. The standard InChI is InChI=1S/C16H21FN2S/c1-5-13-14(10-18-4)20-15(19-13)16(2,3)11-6-8-12(17)9-7-11/h6-9,18H,5,10H2,1-4H3. The number of thiazole rings is 1. The molecule has 2 rings (SSSR count). The van der Waals surface area contributed by atoms with Crippen LogP contribution in [0.1, 0.15) is 41.9 Å². The van der Waals surface area contributed by atoms with Gasteiger partial charge in [-0.3, -0.25) is 0 Å². The lowest BCUT2D eigenvalue weighted by molar-refractivity contribution is 0.610. The molecule has 0 amide bonds. The van der Waals surface area contributed by atoms with Crippen molar-refractivity contribution in [2.45, 2.75) is 39.2 Å². The molecule has 0 spiro atoms. The van der Waals surface area contributed by atoms with Gasteiger partial charge in [-0.25, -0.2) is 9.37 Å². The second-order valence-corrected chi connectivity index (χ2v) is 6.49. The van der Waals surface area contributed by atoms with Crippen molar-refractivity contribution >= 4 is 11.3 Å². The molecule has 0 saturated heterocycles. The fourth-order valence-electron chi connectivity index (χ4n) is 2.22. The Bertz CT molecular complexity index is 573. The van der Waals surface area contributed by atoms with E-state index in [1.54, 1.807) is 11.3 Å². The summed E-state index contributed by atoms with van der Waals surface area (Å²) in [7, 11) is 1.95. The molecule has 2 aromatic rings. The van der Waals surface area contributed by atoms with Crippen LogP contribution >= 0.6 is 11.3 Å². The number of hydrogen-bond acceptors (Lipinski definition) is 3. The van der Waals surface area contributed by atoms with E-state index in [0.717, 1.165) is 29.2 Å². The first-order valence-corrected chi connectivity index (χ1v) is 7.70. The number of rotatable bonds is 5. The Labute approximate surface area is 124 Å². The van der Waals surface area contributed by atoms with Crippen LogP contribution in [0.3, 0.4) is 0 Å². The van der Waals surface area contributed by atoms with Gasteiger partial charge in [-0.2, -0.15) is 0 Å². The van der Waals surface area contributed by atoms with Crippen molar-refractivity contribution in [2.75, 3.05) is 7.05 Å². The lowest BCUT2D eigenvalue weighted by Gasteiger charge is -2.22. The second kappa shape index (κ2) is 6.02. The lowest BCUT2D eigenvalue weighted by Crippen LogP contribution is -2.18. The Morgan fingerprint density at radius 1 is 1.25 bits per heavy atom. The number of aryl methyl sites for hydroxylation is 1. The van der Waals surface area contributed by atoms with Gasteiger partial charge in [-0.1, -0.05) is 19.1 Å². The highest BCUT2D eigenvalue weighted by Crippen LogP contribution is 2.35. The Morgan fingerprint density at radius 2 is 1.90 bits per heavy atom. The van der Waals surface area contributed by atoms with Crippen molar-refractivity contribution in [1.29, 1.82) is 0 Å². The first-order valence-electron chi connectivity index (χ1n) is 6.88. The minimum atomic E-state index is -0.200. The van der Waals surface area contributed by atoms with Crippen molar-refractivity contribution in [3.8, 4) is 0 Å². The summed E-state index contributed by atoms with van der Waals surface area (Å²) in [6.45, 7) is 7.26. The van der Waals surface area contributed by atoms with Gasteiger partial charge in [-0.05, 0) is 45.0 Å². The third-order valence-electron chi connectivity index (χ3n) is 3.55. The van der Waals surface area contributed by atoms with E-state index in [4.69, 9.17) is 4.98 Å². The van der Waals surface area contributed by atoms with Gasteiger partial charge in [0.2, 0.25) is 0 Å². The summed E-state index contributed by atoms with van der Waals surface area (Å²) in [5, 5.41) is 4.28. The molecule has 1 aromatic heterocycles. The fraction of sp³-hybridized carbons (Fsp3) is 0.438. The smallest absolute Gasteiger partial charge is 0.123 e. The molecule has 2 nitrogen and oxygen atoms in total. The van der Waals surface area contributed by atoms with Gasteiger partial charge in [-0.15, -0.1) is 11.3 Å². The Kier molecular flexibility index (Phi) is 4.55. The number of halogens is 1. The molecule has 20 heavy (non-hydrogen) atoms. The molecule has 0 radical (unpaired) electrons. The van der Waals surface area contributed by atoms with Crippen LogP contribution < -0.4 is 5.32 Å². The largest absolute Gasteiger partial charge is 0.315 e. The third kappa shape index (κ3) is 2.91. The predicted molar refractivity (Wildman–Crippen MR) is 82.8 cm³/mol. The van der Waals surface area contributed by atoms with Gasteiger partial charge < -0.3 is 5.32 Å². The maximum atomic E-state index is 13.1. The number of aromatic nitrogens is 1. The van der Waals surface area contributed by atoms with Gasteiger partial charge in [0.15, 0.2) is 0 Å². The second-order valence-electron chi connectivity index (χ2n) is 5.40. The van der Waals surface area contributed by atoms with Crippen molar-refractivity contribution in [1.82, 2.24) is 10.3 Å². The van der Waals surface area contributed by atoms with Crippen LogP contribution in [0, 0.1) is 5.82 Å². The summed E-state index contributed by atoms with van der Waals surface area (Å²) in [6.07, 6.45) is 0.938. The molecule has 4 heteroatoms. The van der Waals surface area contributed by atoms with Crippen LogP contribution in [0.4, 0.5) is 4.39 Å². The van der Waals surface area contributed by atoms with E-state index in [-0.39, 0.29) is 11.2 Å². The van der Waals surface area contributed by atoms with Gasteiger partial charge in [0.1, 0.15) is 10.8 Å². The molecule has 0 aliphatic heterocycles. The number of nitrogens with one attached hydrogen (secondary N) is 1. The summed E-state index contributed by atoms with van der Waals surface area (Å²) >= 11 is 1.75. The Morgan fingerprint density at radius 3 is 2.45 bits per heavy atom. The minimum absolute atomic E-state index is 0.200. The minimum Gasteiger partial charge on any atom is -0.315 e. The van der Waals surface area contributed by atoms with Crippen LogP contribution in [0.2, 0.25) is 0 Å². The average molecular weight is 292 g/mol. The van der Waals surface area contributed by atoms with Crippen molar-refractivity contribution in [3.05, 3.63) is 51.2 Å². The van der Waals surface area contributed by atoms with Crippen LogP contribution in [-0.2, 0) is 18.4 Å². The molecule has 0 bridgehead atoms. The molecule has 1 heterocycles. The van der Waals surface area contributed by atoms with Crippen LogP contribution in [0.15, 0.2) is 24.3 Å². The molecule has 0 aliphatic rings. The average Bonchev–Trinajstić information content (AvgIpc) is 2.83. The van der Waals surface area contributed by atoms with Crippen molar-refractivity contribution in [2.24, 2.45) is 0 Å². The van der Waals surface area contributed by atoms with Crippen LogP contribution in [-0.4, -0.2) is 12.0 Å². The SMILES string of the molecule is CCc1nc(C(C)(C)c2ccc(F)cc2)sc1CNC. The zero-order chi connectivity index (χ0) is 14.8. The normalized spacial score (nSPS) is 11.8. The number of nitrogens with zero attached hydrogens (tertiary/aromatic N) is 1. The quantitative estimate of drug-likeness (QED) is 0.904. The molecule has 0 saturated carbocycles. The van der Waals surface area contributed by atoms with E-state index in [1.165, 1.54) is 17.0 Å². The molecular formula is C16H21FN2S. The van der Waals surface area contributed by atoms with E-state index in [2.05, 4.69) is 26.1 Å². The van der Waals surface area contributed by atoms with Gasteiger partial charge in [0.05, 0.1) is 5.69 Å². The maximum absolute atomic E-state index is 13.1. The summed E-state index contributed by atoms with van der Waals surface area (Å²) < 4.78 is 13.1. The van der Waals surface area contributed by atoms with Gasteiger partial charge >= 0.3 is 0 Å². The molecule has 0 fully saturated rings. The van der Waals surface area contributed by atoms with E-state index in [0.29, 0.717) is 0 Å². The molecule has 1 aromatic carbocycles. The predicted octanol–water partition coefficient (Wildman–Crippen LogP) is 3.89. The third-order valence-corrected chi connectivity index (χ3v) is 4.97. The molecule has 0 aliphatic carbocycles. The van der Waals surface area contributed by atoms with Crippen LogP contribution in [0.25, 0.3) is 0 Å². The van der Waals surface area contributed by atoms with E-state index in [9.17, 15) is 4.39 Å². The van der Waals surface area contributed by atoms with E-state index >= 15 is 0 Å². The van der Waals surface area contributed by atoms with E-state index < -0.39 is 0 Å². The number of hydrogen-bond donors (Lipinski definition) is 1. The molecule has 0 atom stereocenters. The summed E-state index contributed by atoms with van der Waals surface area (Å²) in [5.41, 5.74) is 2.05. The summed E-state index contributed by atoms with van der Waals surface area (Å²) in [4.78, 5) is 6.09. The van der Waals surface area contributed by atoms with Gasteiger partial charge in [0.25, 0.3) is 0 Å². The van der Waals surface area contributed by atoms with Crippen molar-refractivity contribution < 1.29 is 4.39 Å². The summed E-state index contributed by atoms with van der Waals surface area (Å²) in [6, 6.07) is 6.72. The molecular weight excluding hydrogens is 271 g/mol. The highest BCUT2D eigenvalue weighted by molar-refractivity contribution is 7.12. The van der Waals surface area contributed by atoms with Crippen molar-refractivity contribution in [3.63, 3.8) is 0 Å². The zero-order valence-electron chi connectivity index (χ0n) is 12.5. The first-order chi connectivity index (χ1) is 9.48. The summed E-state index contributed by atoms with van der Waals surface area (Å²) in [5.74, 6) is -0.200.